The lowest BCUT2D eigenvalue weighted by Crippen LogP contribution is -2.27. The number of hydrogen-bond acceptors (Lipinski definition) is 6. The minimum absolute atomic E-state index is 0.262. The highest BCUT2D eigenvalue weighted by Crippen LogP contribution is 2.24. The number of rotatable bonds is 7. The summed E-state index contributed by atoms with van der Waals surface area (Å²) in [7, 11) is 0. The van der Waals surface area contributed by atoms with Crippen LogP contribution in [0.5, 0.6) is 0 Å². The van der Waals surface area contributed by atoms with Crippen molar-refractivity contribution < 1.29 is 4.79 Å². The van der Waals surface area contributed by atoms with Gasteiger partial charge in [0, 0.05) is 50.2 Å². The van der Waals surface area contributed by atoms with Gasteiger partial charge in [-0.1, -0.05) is 0 Å². The van der Waals surface area contributed by atoms with Crippen molar-refractivity contribution in [3.05, 3.63) is 42.9 Å². The third-order valence-corrected chi connectivity index (χ3v) is 4.54. The first-order chi connectivity index (χ1) is 13.3. The van der Waals surface area contributed by atoms with Crippen LogP contribution in [0.15, 0.2) is 42.9 Å². The second-order valence-corrected chi connectivity index (χ2v) is 6.41. The number of aromatic amines is 1. The lowest BCUT2D eigenvalue weighted by Gasteiger charge is -2.15. The topological polar surface area (TPSA) is 99.7 Å². The molecule has 4 heterocycles. The van der Waals surface area contributed by atoms with Gasteiger partial charge in [0.1, 0.15) is 5.82 Å². The number of amides is 1. The number of nitrogens with one attached hydrogen (secondary N) is 2. The predicted octanol–water partition coefficient (Wildman–Crippen LogP) is 2.35. The van der Waals surface area contributed by atoms with Gasteiger partial charge in [-0.25, -0.2) is 9.97 Å². The fourth-order valence-electron chi connectivity index (χ4n) is 3.16. The number of hydrogen-bond donors (Lipinski definition) is 2. The van der Waals surface area contributed by atoms with Gasteiger partial charge in [-0.15, -0.1) is 0 Å². The molecule has 1 aliphatic rings. The van der Waals surface area contributed by atoms with Crippen LogP contribution in [0.1, 0.15) is 19.3 Å². The van der Waals surface area contributed by atoms with Gasteiger partial charge in [0.05, 0.1) is 5.56 Å². The molecule has 0 spiro atoms. The Morgan fingerprint density at radius 1 is 1.22 bits per heavy atom. The van der Waals surface area contributed by atoms with Crippen molar-refractivity contribution in [1.29, 1.82) is 0 Å². The van der Waals surface area contributed by atoms with E-state index < -0.39 is 0 Å². The highest BCUT2D eigenvalue weighted by atomic mass is 16.2. The van der Waals surface area contributed by atoms with Crippen LogP contribution in [-0.2, 0) is 4.79 Å². The van der Waals surface area contributed by atoms with Gasteiger partial charge >= 0.3 is 0 Å². The summed E-state index contributed by atoms with van der Waals surface area (Å²) < 4.78 is 0. The lowest BCUT2D eigenvalue weighted by atomic mass is 10.2. The van der Waals surface area contributed by atoms with Crippen LogP contribution < -0.4 is 5.32 Å². The van der Waals surface area contributed by atoms with E-state index in [1.54, 1.807) is 18.6 Å². The number of carbonyl (C=O) groups is 1. The molecule has 8 heteroatoms. The maximum absolute atomic E-state index is 11.7. The van der Waals surface area contributed by atoms with E-state index in [0.29, 0.717) is 18.1 Å². The van der Waals surface area contributed by atoms with Crippen molar-refractivity contribution >= 4 is 11.7 Å². The largest absolute Gasteiger partial charge is 0.369 e. The van der Waals surface area contributed by atoms with E-state index in [9.17, 15) is 4.79 Å². The van der Waals surface area contributed by atoms with Crippen LogP contribution in [0.2, 0.25) is 0 Å². The molecular formula is C19H21N7O. The number of likely N-dealkylation sites (tertiary alicyclic amines) is 1. The lowest BCUT2D eigenvalue weighted by molar-refractivity contribution is -0.127. The zero-order valence-electron chi connectivity index (χ0n) is 14.9. The Bertz CT molecular complexity index is 909. The van der Waals surface area contributed by atoms with E-state index in [0.717, 1.165) is 49.4 Å². The van der Waals surface area contributed by atoms with E-state index in [4.69, 9.17) is 0 Å². The average molecular weight is 363 g/mol. The molecule has 4 rings (SSSR count). The molecule has 0 saturated carbocycles. The highest BCUT2D eigenvalue weighted by molar-refractivity contribution is 5.78. The van der Waals surface area contributed by atoms with E-state index in [1.165, 1.54) is 0 Å². The summed E-state index contributed by atoms with van der Waals surface area (Å²) in [6, 6.07) is 7.60. The zero-order chi connectivity index (χ0) is 18.5. The number of nitrogens with zero attached hydrogens (tertiary/aromatic N) is 5. The molecule has 0 radical (unpaired) electrons. The van der Waals surface area contributed by atoms with E-state index in [1.807, 2.05) is 29.2 Å². The number of H-pyrrole nitrogens is 1. The van der Waals surface area contributed by atoms with Gasteiger partial charge < -0.3 is 10.2 Å². The summed E-state index contributed by atoms with van der Waals surface area (Å²) in [6.07, 6.45) is 7.72. The Kier molecular flexibility index (Phi) is 5.04. The molecule has 1 amide bonds. The molecule has 3 aromatic heterocycles. The van der Waals surface area contributed by atoms with Gasteiger partial charge in [0.25, 0.3) is 0 Å². The number of pyridine rings is 2. The van der Waals surface area contributed by atoms with E-state index >= 15 is 0 Å². The molecular weight excluding hydrogens is 342 g/mol. The maximum atomic E-state index is 11.7. The average Bonchev–Trinajstić information content (AvgIpc) is 3.36. The SMILES string of the molecule is O=C1CCCN1CCCNc1ncccc1-c1nc(-c2cccnc2)n[nH]1. The quantitative estimate of drug-likeness (QED) is 0.625. The molecule has 8 nitrogen and oxygen atoms in total. The number of anilines is 1. The smallest absolute Gasteiger partial charge is 0.222 e. The van der Waals surface area contributed by atoms with Gasteiger partial charge in [-0.05, 0) is 37.1 Å². The van der Waals surface area contributed by atoms with Crippen molar-refractivity contribution in [2.75, 3.05) is 25.0 Å². The fraction of sp³-hybridized carbons (Fsp3) is 0.316. The first-order valence-corrected chi connectivity index (χ1v) is 9.11. The zero-order valence-corrected chi connectivity index (χ0v) is 14.9. The first-order valence-electron chi connectivity index (χ1n) is 9.11. The summed E-state index contributed by atoms with van der Waals surface area (Å²) in [5, 5.41) is 10.6. The molecule has 0 aliphatic carbocycles. The number of aromatic nitrogens is 5. The second kappa shape index (κ2) is 7.94. The van der Waals surface area contributed by atoms with Gasteiger partial charge in [-0.2, -0.15) is 5.10 Å². The normalized spacial score (nSPS) is 13.9. The first kappa shape index (κ1) is 17.1. The van der Waals surface area contributed by atoms with Crippen LogP contribution in [-0.4, -0.2) is 55.6 Å². The van der Waals surface area contributed by atoms with Crippen molar-refractivity contribution in [1.82, 2.24) is 30.0 Å². The van der Waals surface area contributed by atoms with Crippen LogP contribution in [0.3, 0.4) is 0 Å². The Labute approximate surface area is 157 Å². The summed E-state index contributed by atoms with van der Waals surface area (Å²) in [6.45, 7) is 2.39. The maximum Gasteiger partial charge on any atom is 0.222 e. The molecule has 0 unspecified atom stereocenters. The Morgan fingerprint density at radius 3 is 2.96 bits per heavy atom. The van der Waals surface area contributed by atoms with Crippen LogP contribution in [0.4, 0.5) is 5.82 Å². The standard InChI is InChI=1S/C19H21N7O/c27-16-7-3-11-26(16)12-4-10-22-18-15(6-2-9-21-18)19-23-17(24-25-19)14-5-1-8-20-13-14/h1-2,5-6,8-9,13H,3-4,7,10-12H2,(H,21,22)(H,23,24,25). The van der Waals surface area contributed by atoms with Crippen LogP contribution in [0, 0.1) is 0 Å². The summed E-state index contributed by atoms with van der Waals surface area (Å²) >= 11 is 0. The molecule has 27 heavy (non-hydrogen) atoms. The third-order valence-electron chi connectivity index (χ3n) is 4.54. The third kappa shape index (κ3) is 3.94. The molecule has 1 fully saturated rings. The Balaban J connectivity index is 1.42. The van der Waals surface area contributed by atoms with Crippen molar-refractivity contribution in [2.45, 2.75) is 19.3 Å². The van der Waals surface area contributed by atoms with E-state index in [2.05, 4.69) is 30.5 Å². The molecule has 0 atom stereocenters. The van der Waals surface area contributed by atoms with Crippen molar-refractivity contribution in [3.63, 3.8) is 0 Å². The summed E-state index contributed by atoms with van der Waals surface area (Å²) in [5.41, 5.74) is 1.71. The monoisotopic (exact) mass is 363 g/mol. The van der Waals surface area contributed by atoms with Gasteiger partial charge in [0.15, 0.2) is 11.6 Å². The Hall–Kier alpha value is -3.29. The molecule has 3 aromatic rings. The Morgan fingerprint density at radius 2 is 2.15 bits per heavy atom. The summed E-state index contributed by atoms with van der Waals surface area (Å²) in [5.74, 6) is 2.26. The van der Waals surface area contributed by atoms with Gasteiger partial charge in [-0.3, -0.25) is 14.9 Å². The number of carbonyl (C=O) groups excluding carboxylic acids is 1. The fourth-order valence-corrected chi connectivity index (χ4v) is 3.16. The minimum atomic E-state index is 0.262. The molecule has 1 aliphatic heterocycles. The molecule has 138 valence electrons. The second-order valence-electron chi connectivity index (χ2n) is 6.41. The summed E-state index contributed by atoms with van der Waals surface area (Å²) in [4.78, 5) is 26.7. The highest BCUT2D eigenvalue weighted by Gasteiger charge is 2.19. The van der Waals surface area contributed by atoms with Gasteiger partial charge in [0.2, 0.25) is 5.91 Å². The van der Waals surface area contributed by atoms with E-state index in [-0.39, 0.29) is 5.91 Å². The van der Waals surface area contributed by atoms with Crippen molar-refractivity contribution in [3.8, 4) is 22.8 Å². The molecule has 0 aromatic carbocycles. The minimum Gasteiger partial charge on any atom is -0.369 e. The van der Waals surface area contributed by atoms with Crippen LogP contribution in [0.25, 0.3) is 22.8 Å². The molecule has 2 N–H and O–H groups in total. The predicted molar refractivity (Wildman–Crippen MR) is 102 cm³/mol. The molecule has 0 bridgehead atoms. The molecule has 1 saturated heterocycles. The van der Waals surface area contributed by atoms with Crippen molar-refractivity contribution in [2.24, 2.45) is 0 Å². The van der Waals surface area contributed by atoms with Crippen LogP contribution >= 0.6 is 0 Å².